The molecular formula is C32H25Cl2N3O3. The molecule has 5 rings (SSSR count). The Balaban J connectivity index is 1.79. The van der Waals surface area contributed by atoms with Gasteiger partial charge in [0, 0.05) is 18.5 Å². The van der Waals surface area contributed by atoms with Crippen LogP contribution in [0.25, 0.3) is 6.08 Å². The zero-order valence-electron chi connectivity index (χ0n) is 21.5. The van der Waals surface area contributed by atoms with Crippen LogP contribution in [-0.4, -0.2) is 39.9 Å². The van der Waals surface area contributed by atoms with E-state index in [0.29, 0.717) is 17.1 Å². The van der Waals surface area contributed by atoms with Gasteiger partial charge in [-0.3, -0.25) is 4.79 Å². The maximum Gasteiger partial charge on any atom is 0.418 e. The summed E-state index contributed by atoms with van der Waals surface area (Å²) in [6.07, 6.45) is 0.975. The second-order valence-electron chi connectivity index (χ2n) is 9.35. The van der Waals surface area contributed by atoms with Gasteiger partial charge in [-0.1, -0.05) is 114 Å². The first-order valence-electron chi connectivity index (χ1n) is 12.5. The normalized spacial score (nSPS) is 18.9. The van der Waals surface area contributed by atoms with E-state index in [2.05, 4.69) is 4.99 Å². The lowest BCUT2D eigenvalue weighted by Crippen LogP contribution is -2.43. The Hall–Kier alpha value is -4.39. The van der Waals surface area contributed by atoms with Crippen molar-refractivity contribution in [1.82, 2.24) is 9.80 Å². The van der Waals surface area contributed by atoms with Gasteiger partial charge in [0.25, 0.3) is 5.91 Å². The predicted octanol–water partition coefficient (Wildman–Crippen LogP) is 7.59. The van der Waals surface area contributed by atoms with E-state index >= 15 is 0 Å². The highest BCUT2D eigenvalue weighted by Crippen LogP contribution is 2.47. The summed E-state index contributed by atoms with van der Waals surface area (Å²) >= 11 is 12.3. The molecule has 40 heavy (non-hydrogen) atoms. The third-order valence-corrected chi connectivity index (χ3v) is 7.50. The Morgan fingerprint density at radius 3 is 2.08 bits per heavy atom. The van der Waals surface area contributed by atoms with E-state index < -0.39 is 17.5 Å². The van der Waals surface area contributed by atoms with Crippen LogP contribution in [0.1, 0.15) is 27.0 Å². The van der Waals surface area contributed by atoms with Crippen LogP contribution >= 0.6 is 23.2 Å². The molecule has 1 unspecified atom stereocenters. The minimum atomic E-state index is -1.27. The van der Waals surface area contributed by atoms with E-state index in [-0.39, 0.29) is 16.5 Å². The lowest BCUT2D eigenvalue weighted by atomic mass is 9.80. The summed E-state index contributed by atoms with van der Waals surface area (Å²) in [4.78, 5) is 33.6. The molecule has 1 aliphatic rings. The molecule has 0 aromatic heterocycles. The smallest absolute Gasteiger partial charge is 0.418 e. The lowest BCUT2D eigenvalue weighted by Gasteiger charge is -2.37. The highest BCUT2D eigenvalue weighted by Gasteiger charge is 2.54. The van der Waals surface area contributed by atoms with Crippen molar-refractivity contribution in [3.8, 4) is 0 Å². The van der Waals surface area contributed by atoms with Crippen LogP contribution in [0.2, 0.25) is 10.0 Å². The summed E-state index contributed by atoms with van der Waals surface area (Å²) in [7, 11) is 1.76. The number of likely N-dealkylation sites (N-methyl/N-ethyl adjacent to an activating group) is 1. The molecule has 1 N–H and O–H groups in total. The van der Waals surface area contributed by atoms with E-state index in [0.717, 1.165) is 21.6 Å². The average molecular weight is 570 g/mol. The Labute approximate surface area is 242 Å². The average Bonchev–Trinajstić information content (AvgIpc) is 3.17. The van der Waals surface area contributed by atoms with Gasteiger partial charge in [0.1, 0.15) is 5.54 Å². The van der Waals surface area contributed by atoms with Crippen molar-refractivity contribution in [3.05, 3.63) is 147 Å². The number of hydrogen-bond donors (Lipinski definition) is 1. The lowest BCUT2D eigenvalue weighted by molar-refractivity contribution is 0.1000. The maximum absolute atomic E-state index is 13.4. The summed E-state index contributed by atoms with van der Waals surface area (Å²) in [6, 6.07) is 33.4. The molecule has 1 aliphatic heterocycles. The van der Waals surface area contributed by atoms with Crippen LogP contribution in [0.3, 0.4) is 0 Å². The fraction of sp³-hybridized carbons (Fsp3) is 0.0938. The maximum atomic E-state index is 13.4. The molecule has 4 aromatic carbocycles. The summed E-state index contributed by atoms with van der Waals surface area (Å²) in [6.45, 7) is 0. The fourth-order valence-electron chi connectivity index (χ4n) is 5.06. The molecule has 1 heterocycles. The summed E-state index contributed by atoms with van der Waals surface area (Å²) < 4.78 is 0. The van der Waals surface area contributed by atoms with E-state index in [1.54, 1.807) is 18.0 Å². The second kappa shape index (κ2) is 11.4. The van der Waals surface area contributed by atoms with Gasteiger partial charge in [0.2, 0.25) is 5.96 Å². The molecule has 0 bridgehead atoms. The third kappa shape index (κ3) is 5.11. The SMILES string of the molecule is CN1C(=NC(=O)c2ccc(Cl)cc2Cl)N(C(=O)O)C(=Cc2ccccc2)C1(Cc1ccccc1)c1ccccc1. The number of nitrogens with zero attached hydrogens (tertiary/aromatic N) is 3. The van der Waals surface area contributed by atoms with Crippen LogP contribution in [0, 0.1) is 0 Å². The van der Waals surface area contributed by atoms with E-state index in [1.165, 1.54) is 12.1 Å². The number of aliphatic imine (C=N–C) groups is 1. The first-order chi connectivity index (χ1) is 19.3. The molecule has 4 aromatic rings. The molecule has 200 valence electrons. The van der Waals surface area contributed by atoms with E-state index in [9.17, 15) is 14.7 Å². The van der Waals surface area contributed by atoms with Crippen molar-refractivity contribution in [1.29, 1.82) is 0 Å². The molecule has 0 aliphatic carbocycles. The summed E-state index contributed by atoms with van der Waals surface area (Å²) in [5.74, 6) is -0.720. The summed E-state index contributed by atoms with van der Waals surface area (Å²) in [5.41, 5.74) is 2.16. The third-order valence-electron chi connectivity index (χ3n) is 6.95. The minimum Gasteiger partial charge on any atom is -0.464 e. The van der Waals surface area contributed by atoms with Gasteiger partial charge in [-0.2, -0.15) is 4.99 Å². The molecule has 0 saturated carbocycles. The minimum absolute atomic E-state index is 0.0366. The molecule has 0 spiro atoms. The van der Waals surface area contributed by atoms with Gasteiger partial charge in [-0.15, -0.1) is 0 Å². The fourth-order valence-corrected chi connectivity index (χ4v) is 5.55. The number of benzene rings is 4. The van der Waals surface area contributed by atoms with E-state index in [1.807, 2.05) is 97.1 Å². The Bertz CT molecular complexity index is 1610. The molecule has 1 fully saturated rings. The molecule has 8 heteroatoms. The zero-order valence-corrected chi connectivity index (χ0v) is 23.0. The van der Waals surface area contributed by atoms with Crippen LogP contribution in [0.4, 0.5) is 4.79 Å². The Morgan fingerprint density at radius 2 is 1.48 bits per heavy atom. The highest BCUT2D eigenvalue weighted by molar-refractivity contribution is 6.37. The number of carboxylic acid groups (broad SMARTS) is 1. The molecule has 2 amide bonds. The number of halogens is 2. The van der Waals surface area contributed by atoms with Crippen LogP contribution in [0.5, 0.6) is 0 Å². The van der Waals surface area contributed by atoms with Gasteiger partial charge >= 0.3 is 6.09 Å². The number of guanidine groups is 1. The standard InChI is InChI=1S/C32H25Cl2N3O3/c1-36-30(35-29(38)26-18-17-25(33)20-27(26)34)37(31(39)40)28(19-22-11-5-2-6-12-22)32(36,24-15-9-4-10-16-24)21-23-13-7-3-8-14-23/h2-20H,21H2,1H3,(H,39,40). The first-order valence-corrected chi connectivity index (χ1v) is 13.3. The van der Waals surface area contributed by atoms with Crippen LogP contribution in [-0.2, 0) is 12.0 Å². The zero-order chi connectivity index (χ0) is 28.3. The van der Waals surface area contributed by atoms with Gasteiger partial charge in [0.15, 0.2) is 0 Å². The first kappa shape index (κ1) is 27.2. The second-order valence-corrected chi connectivity index (χ2v) is 10.2. The van der Waals surface area contributed by atoms with Crippen LogP contribution < -0.4 is 0 Å². The number of carbonyl (C=O) groups is 2. The van der Waals surface area contributed by atoms with Crippen LogP contribution in [0.15, 0.2) is 120 Å². The molecule has 1 atom stereocenters. The van der Waals surface area contributed by atoms with Crippen molar-refractivity contribution in [2.75, 3.05) is 7.05 Å². The van der Waals surface area contributed by atoms with E-state index in [4.69, 9.17) is 23.2 Å². The largest absolute Gasteiger partial charge is 0.464 e. The van der Waals surface area contributed by atoms with Gasteiger partial charge in [0.05, 0.1) is 16.3 Å². The highest BCUT2D eigenvalue weighted by atomic mass is 35.5. The van der Waals surface area contributed by atoms with Crippen molar-refractivity contribution in [2.24, 2.45) is 4.99 Å². The molecule has 1 saturated heterocycles. The van der Waals surface area contributed by atoms with Crippen molar-refractivity contribution < 1.29 is 14.7 Å². The monoisotopic (exact) mass is 569 g/mol. The van der Waals surface area contributed by atoms with Crippen molar-refractivity contribution in [2.45, 2.75) is 12.0 Å². The van der Waals surface area contributed by atoms with Crippen molar-refractivity contribution in [3.63, 3.8) is 0 Å². The summed E-state index contributed by atoms with van der Waals surface area (Å²) in [5, 5.41) is 11.1. The number of carbonyl (C=O) groups excluding carboxylic acids is 1. The number of amides is 2. The predicted molar refractivity (Wildman–Crippen MR) is 159 cm³/mol. The van der Waals surface area contributed by atoms with Gasteiger partial charge in [-0.05, 0) is 41.0 Å². The molecule has 0 radical (unpaired) electrons. The number of rotatable bonds is 5. The quantitative estimate of drug-likeness (QED) is 0.268. The topological polar surface area (TPSA) is 73.2 Å². The Kier molecular flexibility index (Phi) is 7.74. The van der Waals surface area contributed by atoms with Crippen molar-refractivity contribution >= 4 is 47.2 Å². The van der Waals surface area contributed by atoms with Gasteiger partial charge < -0.3 is 10.0 Å². The molecular weight excluding hydrogens is 545 g/mol. The van der Waals surface area contributed by atoms with Gasteiger partial charge in [-0.25, -0.2) is 9.69 Å². The number of hydrogen-bond acceptors (Lipinski definition) is 2. The molecule has 6 nitrogen and oxygen atoms in total. The Morgan fingerprint density at radius 1 is 0.875 bits per heavy atom.